The van der Waals surface area contributed by atoms with Gasteiger partial charge in [-0.15, -0.1) is 0 Å². The lowest BCUT2D eigenvalue weighted by atomic mass is 10.2. The molecule has 0 radical (unpaired) electrons. The summed E-state index contributed by atoms with van der Waals surface area (Å²) in [4.78, 5) is 28.9. The molecule has 0 atom stereocenters. The number of nitrogens with zero attached hydrogens (tertiary/aromatic N) is 3. The number of nitrogens with one attached hydrogen (secondary N) is 3. The van der Waals surface area contributed by atoms with Crippen molar-refractivity contribution >= 4 is 22.8 Å². The molecule has 2 heterocycles. The highest BCUT2D eigenvalue weighted by Crippen LogP contribution is 2.38. The summed E-state index contributed by atoms with van der Waals surface area (Å²) in [5.41, 5.74) is 8.22. The van der Waals surface area contributed by atoms with Gasteiger partial charge in [0.2, 0.25) is 0 Å². The quantitative estimate of drug-likeness (QED) is 0.625. The van der Waals surface area contributed by atoms with Crippen molar-refractivity contribution in [1.29, 1.82) is 0 Å². The highest BCUT2D eigenvalue weighted by atomic mass is 16.2. The third-order valence-electron chi connectivity index (χ3n) is 4.65. The van der Waals surface area contributed by atoms with E-state index in [4.69, 9.17) is 0 Å². The van der Waals surface area contributed by atoms with E-state index in [1.807, 2.05) is 19.9 Å². The van der Waals surface area contributed by atoms with Gasteiger partial charge in [0.1, 0.15) is 5.82 Å². The molecule has 8 heteroatoms. The number of carbonyl (C=O) groups is 2. The van der Waals surface area contributed by atoms with Crippen LogP contribution in [0.3, 0.4) is 0 Å². The number of H-pyrrole nitrogens is 1. The van der Waals surface area contributed by atoms with Crippen molar-refractivity contribution in [3.8, 4) is 0 Å². The van der Waals surface area contributed by atoms with Crippen LogP contribution in [0, 0.1) is 6.92 Å². The normalized spacial score (nSPS) is 13.8. The minimum Gasteiger partial charge on any atom is -0.329 e. The van der Waals surface area contributed by atoms with E-state index in [0.717, 1.165) is 41.9 Å². The number of rotatable bonds is 4. The van der Waals surface area contributed by atoms with E-state index in [1.54, 1.807) is 18.2 Å². The molecule has 2 amide bonds. The molecule has 3 N–H and O–H groups in total. The molecule has 4 rings (SSSR count). The smallest absolute Gasteiger partial charge is 0.290 e. The van der Waals surface area contributed by atoms with Gasteiger partial charge in [0, 0.05) is 23.7 Å². The molecule has 8 nitrogen and oxygen atoms in total. The number of amides is 2. The zero-order chi connectivity index (χ0) is 18.3. The van der Waals surface area contributed by atoms with Crippen LogP contribution in [0.5, 0.6) is 0 Å². The Bertz CT molecular complexity index is 998. The monoisotopic (exact) mass is 352 g/mol. The minimum atomic E-state index is -0.450. The largest absolute Gasteiger partial charge is 0.329 e. The van der Waals surface area contributed by atoms with Crippen molar-refractivity contribution in [2.45, 2.75) is 39.2 Å². The molecule has 0 saturated heterocycles. The Labute approximate surface area is 150 Å². The molecular weight excluding hydrogens is 332 g/mol. The van der Waals surface area contributed by atoms with Crippen LogP contribution < -0.4 is 10.9 Å². The predicted molar refractivity (Wildman–Crippen MR) is 95.6 cm³/mol. The summed E-state index contributed by atoms with van der Waals surface area (Å²) in [5, 5.41) is 6.86. The first kappa shape index (κ1) is 16.3. The molecule has 1 aliphatic carbocycles. The van der Waals surface area contributed by atoms with Gasteiger partial charge in [-0.2, -0.15) is 5.10 Å². The second-order valence-corrected chi connectivity index (χ2v) is 6.50. The molecule has 1 aromatic carbocycles. The summed E-state index contributed by atoms with van der Waals surface area (Å²) in [6.45, 7) is 4.80. The Balaban J connectivity index is 1.43. The van der Waals surface area contributed by atoms with Crippen LogP contribution in [-0.4, -0.2) is 31.6 Å². The highest BCUT2D eigenvalue weighted by Gasteiger charge is 2.26. The average Bonchev–Trinajstić information content (AvgIpc) is 3.27. The van der Waals surface area contributed by atoms with Gasteiger partial charge < -0.3 is 4.57 Å². The van der Waals surface area contributed by atoms with E-state index in [-0.39, 0.29) is 5.69 Å². The molecule has 1 fully saturated rings. The second-order valence-electron chi connectivity index (χ2n) is 6.50. The van der Waals surface area contributed by atoms with Gasteiger partial charge in [0.25, 0.3) is 11.8 Å². The summed E-state index contributed by atoms with van der Waals surface area (Å²) < 4.78 is 2.08. The molecule has 0 aliphatic heterocycles. The lowest BCUT2D eigenvalue weighted by molar-refractivity contribution is 0.0844. The second kappa shape index (κ2) is 6.29. The van der Waals surface area contributed by atoms with Crippen LogP contribution in [0.25, 0.3) is 11.0 Å². The van der Waals surface area contributed by atoms with Gasteiger partial charge in [0.15, 0.2) is 5.69 Å². The average molecular weight is 352 g/mol. The SMILES string of the molecule is CCn1c(C)nc2cc(C(=O)NNC(=O)c3cc(C4CC4)[nH]n3)ccc21. The maximum absolute atomic E-state index is 12.3. The number of hydrogen-bond donors (Lipinski definition) is 3. The lowest BCUT2D eigenvalue weighted by Crippen LogP contribution is -2.41. The first-order valence-corrected chi connectivity index (χ1v) is 8.69. The topological polar surface area (TPSA) is 105 Å². The van der Waals surface area contributed by atoms with Crippen molar-refractivity contribution in [2.75, 3.05) is 0 Å². The van der Waals surface area contributed by atoms with Crippen LogP contribution in [0.2, 0.25) is 0 Å². The molecule has 3 aromatic rings. The number of carbonyl (C=O) groups excluding carboxylic acids is 2. The number of aromatic amines is 1. The summed E-state index contributed by atoms with van der Waals surface area (Å²) in [6, 6.07) is 7.03. The third-order valence-corrected chi connectivity index (χ3v) is 4.65. The molecule has 2 aromatic heterocycles. The number of aryl methyl sites for hydroxylation is 2. The van der Waals surface area contributed by atoms with Gasteiger partial charge in [-0.1, -0.05) is 0 Å². The molecular formula is C18H20N6O2. The first-order valence-electron chi connectivity index (χ1n) is 8.69. The number of imidazole rings is 1. The van der Waals surface area contributed by atoms with Crippen molar-refractivity contribution < 1.29 is 9.59 Å². The van der Waals surface area contributed by atoms with Gasteiger partial charge in [-0.05, 0) is 51.0 Å². The van der Waals surface area contributed by atoms with Crippen LogP contribution in [0.1, 0.15) is 58.0 Å². The number of fused-ring (bicyclic) bond motifs is 1. The maximum Gasteiger partial charge on any atom is 0.290 e. The van der Waals surface area contributed by atoms with E-state index in [1.165, 1.54) is 0 Å². The summed E-state index contributed by atoms with van der Waals surface area (Å²) in [5.74, 6) is 0.533. The number of benzene rings is 1. The predicted octanol–water partition coefficient (Wildman–Crippen LogP) is 2.04. The number of hydrogen-bond acceptors (Lipinski definition) is 4. The molecule has 1 saturated carbocycles. The third kappa shape index (κ3) is 2.94. The van der Waals surface area contributed by atoms with Gasteiger partial charge in [-0.25, -0.2) is 4.98 Å². The summed E-state index contributed by atoms with van der Waals surface area (Å²) >= 11 is 0. The number of hydrazine groups is 1. The van der Waals surface area contributed by atoms with Crippen molar-refractivity contribution in [3.05, 3.63) is 47.0 Å². The molecule has 0 spiro atoms. The Morgan fingerprint density at radius 3 is 2.73 bits per heavy atom. The van der Waals surface area contributed by atoms with E-state index >= 15 is 0 Å². The fourth-order valence-electron chi connectivity index (χ4n) is 3.10. The molecule has 1 aliphatic rings. The standard InChI is InChI=1S/C18H20N6O2/c1-3-24-10(2)19-14-8-12(6-7-16(14)24)17(25)22-23-18(26)15-9-13(20-21-15)11-4-5-11/h6-9,11H,3-5H2,1-2H3,(H,20,21)(H,22,25)(H,23,26). The molecule has 0 unspecified atom stereocenters. The van der Waals surface area contributed by atoms with Gasteiger partial charge in [0.05, 0.1) is 11.0 Å². The number of aromatic nitrogens is 4. The Morgan fingerprint density at radius 1 is 1.23 bits per heavy atom. The zero-order valence-corrected chi connectivity index (χ0v) is 14.7. The molecule has 134 valence electrons. The Hall–Kier alpha value is -3.16. The Kier molecular flexibility index (Phi) is 3.95. The van der Waals surface area contributed by atoms with Crippen molar-refractivity contribution in [3.63, 3.8) is 0 Å². The van der Waals surface area contributed by atoms with E-state index in [9.17, 15) is 9.59 Å². The van der Waals surface area contributed by atoms with Crippen LogP contribution >= 0.6 is 0 Å². The van der Waals surface area contributed by atoms with E-state index in [0.29, 0.717) is 11.5 Å². The van der Waals surface area contributed by atoms with Crippen LogP contribution in [0.4, 0.5) is 0 Å². The van der Waals surface area contributed by atoms with Crippen LogP contribution in [-0.2, 0) is 6.54 Å². The fourth-order valence-corrected chi connectivity index (χ4v) is 3.10. The Morgan fingerprint density at radius 2 is 2.00 bits per heavy atom. The minimum absolute atomic E-state index is 0.264. The summed E-state index contributed by atoms with van der Waals surface area (Å²) in [7, 11) is 0. The molecule has 0 bridgehead atoms. The van der Waals surface area contributed by atoms with Crippen molar-refractivity contribution in [2.24, 2.45) is 0 Å². The van der Waals surface area contributed by atoms with Crippen LogP contribution in [0.15, 0.2) is 24.3 Å². The van der Waals surface area contributed by atoms with Gasteiger partial charge in [-0.3, -0.25) is 25.5 Å². The van der Waals surface area contributed by atoms with E-state index in [2.05, 4.69) is 30.6 Å². The van der Waals surface area contributed by atoms with Gasteiger partial charge >= 0.3 is 0 Å². The fraction of sp³-hybridized carbons (Fsp3) is 0.333. The highest BCUT2D eigenvalue weighted by molar-refractivity contribution is 6.00. The summed E-state index contributed by atoms with van der Waals surface area (Å²) in [6.07, 6.45) is 2.24. The maximum atomic E-state index is 12.3. The zero-order valence-electron chi connectivity index (χ0n) is 14.7. The van der Waals surface area contributed by atoms with E-state index < -0.39 is 11.8 Å². The molecule has 26 heavy (non-hydrogen) atoms. The lowest BCUT2D eigenvalue weighted by Gasteiger charge is -2.06. The first-order chi connectivity index (χ1) is 12.6. The van der Waals surface area contributed by atoms with Crippen molar-refractivity contribution in [1.82, 2.24) is 30.6 Å².